The number of carbonyl (C=O) groups is 2. The number of carbonyl (C=O) groups excluding carboxylic acids is 2. The second-order valence-electron chi connectivity index (χ2n) is 7.68. The van der Waals surface area contributed by atoms with Crippen LogP contribution in [0.15, 0.2) is 76.8 Å². The summed E-state index contributed by atoms with van der Waals surface area (Å²) < 4.78 is 11.1. The molecule has 6 nitrogen and oxygen atoms in total. The number of benzene rings is 3. The number of ether oxygens (including phenoxy) is 2. The summed E-state index contributed by atoms with van der Waals surface area (Å²) >= 11 is 9.47. The summed E-state index contributed by atoms with van der Waals surface area (Å²) in [6.45, 7) is 0.172. The van der Waals surface area contributed by atoms with Gasteiger partial charge in [0, 0.05) is 17.1 Å². The minimum absolute atomic E-state index is 0.0119. The van der Waals surface area contributed by atoms with Crippen LogP contribution in [0.4, 0.5) is 0 Å². The fourth-order valence-electron chi connectivity index (χ4n) is 3.93. The fourth-order valence-corrected chi connectivity index (χ4v) is 4.60. The van der Waals surface area contributed by atoms with Crippen molar-refractivity contribution in [3.63, 3.8) is 0 Å². The van der Waals surface area contributed by atoms with Gasteiger partial charge in [-0.1, -0.05) is 35.9 Å². The summed E-state index contributed by atoms with van der Waals surface area (Å²) in [5.41, 5.74) is 1.87. The van der Waals surface area contributed by atoms with Crippen molar-refractivity contribution in [3.8, 4) is 11.5 Å². The molecule has 0 saturated carbocycles. The van der Waals surface area contributed by atoms with Gasteiger partial charge in [0.05, 0.1) is 30.3 Å². The first kappa shape index (κ1) is 23.9. The number of Topliss-reactive ketones (excluding diaryl/α,β-unsaturated/α-hetero) is 1. The topological polar surface area (TPSA) is 76.1 Å². The van der Waals surface area contributed by atoms with Crippen LogP contribution in [0.25, 0.3) is 5.76 Å². The van der Waals surface area contributed by atoms with Gasteiger partial charge in [-0.3, -0.25) is 9.59 Å². The van der Waals surface area contributed by atoms with Crippen LogP contribution in [0.5, 0.6) is 11.5 Å². The number of nitrogens with zero attached hydrogens (tertiary/aromatic N) is 1. The third-order valence-corrected chi connectivity index (χ3v) is 6.53. The molecule has 1 aliphatic rings. The van der Waals surface area contributed by atoms with Gasteiger partial charge in [0.2, 0.25) is 0 Å². The van der Waals surface area contributed by atoms with Crippen LogP contribution < -0.4 is 9.47 Å². The predicted molar refractivity (Wildman–Crippen MR) is 133 cm³/mol. The number of hydrogen-bond acceptors (Lipinski definition) is 5. The van der Waals surface area contributed by atoms with Crippen molar-refractivity contribution >= 4 is 45.0 Å². The van der Waals surface area contributed by atoms with E-state index in [1.54, 1.807) is 61.7 Å². The van der Waals surface area contributed by atoms with Crippen LogP contribution in [0.3, 0.4) is 0 Å². The highest BCUT2D eigenvalue weighted by molar-refractivity contribution is 9.10. The lowest BCUT2D eigenvalue weighted by molar-refractivity contribution is -0.140. The van der Waals surface area contributed by atoms with Crippen LogP contribution in [0.1, 0.15) is 22.7 Å². The van der Waals surface area contributed by atoms with Crippen LogP contribution >= 0.6 is 27.5 Å². The molecule has 0 spiro atoms. The van der Waals surface area contributed by atoms with E-state index in [0.717, 1.165) is 5.56 Å². The first-order valence-corrected chi connectivity index (χ1v) is 11.5. The zero-order valence-corrected chi connectivity index (χ0v) is 20.8. The molecule has 0 radical (unpaired) electrons. The highest BCUT2D eigenvalue weighted by atomic mass is 79.9. The monoisotopic (exact) mass is 541 g/mol. The van der Waals surface area contributed by atoms with Crippen molar-refractivity contribution in [1.82, 2.24) is 4.90 Å². The van der Waals surface area contributed by atoms with Gasteiger partial charge in [-0.25, -0.2) is 0 Å². The number of amides is 1. The van der Waals surface area contributed by atoms with Crippen LogP contribution in [0, 0.1) is 0 Å². The molecule has 1 saturated heterocycles. The number of ketones is 1. The summed E-state index contributed by atoms with van der Waals surface area (Å²) in [7, 11) is 3.11. The van der Waals surface area contributed by atoms with Crippen LogP contribution in [0.2, 0.25) is 5.02 Å². The Labute approximate surface area is 210 Å². The summed E-state index contributed by atoms with van der Waals surface area (Å²) in [6.07, 6.45) is 0. The predicted octanol–water partition coefficient (Wildman–Crippen LogP) is 5.74. The number of methoxy groups -OCH3 is 2. The summed E-state index contributed by atoms with van der Waals surface area (Å²) in [5.74, 6) is -0.447. The molecule has 1 atom stereocenters. The maximum Gasteiger partial charge on any atom is 0.295 e. The lowest BCUT2D eigenvalue weighted by atomic mass is 9.95. The molecule has 1 fully saturated rings. The number of hydrogen-bond donors (Lipinski definition) is 1. The second kappa shape index (κ2) is 9.91. The number of aliphatic hydroxyl groups is 1. The molecule has 1 unspecified atom stereocenters. The average Bonchev–Trinajstić information content (AvgIpc) is 3.09. The van der Waals surface area contributed by atoms with Crippen molar-refractivity contribution < 1.29 is 24.2 Å². The van der Waals surface area contributed by atoms with E-state index < -0.39 is 17.7 Å². The van der Waals surface area contributed by atoms with Crippen molar-refractivity contribution in [2.75, 3.05) is 14.2 Å². The zero-order valence-electron chi connectivity index (χ0n) is 18.4. The van der Waals surface area contributed by atoms with Crippen molar-refractivity contribution in [2.24, 2.45) is 0 Å². The third kappa shape index (κ3) is 4.54. The summed E-state index contributed by atoms with van der Waals surface area (Å²) in [5, 5.41) is 11.7. The van der Waals surface area contributed by atoms with E-state index in [4.69, 9.17) is 21.1 Å². The standard InChI is InChI=1S/C26H21BrClNO5/c1-33-19-10-3-15(4-11-19)14-29-23(16-5-8-18(28)9-6-16)22(25(31)26(29)32)24(30)17-7-12-21(34-2)20(27)13-17/h3-13,23,30H,14H2,1-2H3/b24-22-. The van der Waals surface area contributed by atoms with Gasteiger partial charge in [-0.05, 0) is 69.5 Å². The van der Waals surface area contributed by atoms with Crippen molar-refractivity contribution in [2.45, 2.75) is 12.6 Å². The quantitative estimate of drug-likeness (QED) is 0.244. The van der Waals surface area contributed by atoms with E-state index >= 15 is 0 Å². The van der Waals surface area contributed by atoms with Crippen LogP contribution in [-0.4, -0.2) is 35.9 Å². The molecule has 1 aliphatic heterocycles. The van der Waals surface area contributed by atoms with E-state index in [1.165, 1.54) is 12.0 Å². The van der Waals surface area contributed by atoms with Gasteiger partial charge >= 0.3 is 0 Å². The van der Waals surface area contributed by atoms with Gasteiger partial charge in [-0.15, -0.1) is 0 Å². The number of halogens is 2. The van der Waals surface area contributed by atoms with E-state index in [0.29, 0.717) is 32.1 Å². The summed E-state index contributed by atoms with van der Waals surface area (Å²) in [6, 6.07) is 18.3. The molecule has 34 heavy (non-hydrogen) atoms. The Balaban J connectivity index is 1.83. The molecule has 1 heterocycles. The maximum atomic E-state index is 13.2. The molecule has 8 heteroatoms. The normalized spacial score (nSPS) is 17.2. The summed E-state index contributed by atoms with van der Waals surface area (Å²) in [4.78, 5) is 27.8. The highest BCUT2D eigenvalue weighted by Gasteiger charge is 2.46. The van der Waals surface area contributed by atoms with Gasteiger partial charge < -0.3 is 19.5 Å². The van der Waals surface area contributed by atoms with Gasteiger partial charge in [0.15, 0.2) is 0 Å². The molecule has 0 bridgehead atoms. The van der Waals surface area contributed by atoms with Crippen molar-refractivity contribution in [1.29, 1.82) is 0 Å². The molecule has 3 aromatic rings. The minimum Gasteiger partial charge on any atom is -0.507 e. The molecular weight excluding hydrogens is 522 g/mol. The first-order chi connectivity index (χ1) is 16.3. The lowest BCUT2D eigenvalue weighted by Crippen LogP contribution is -2.29. The SMILES string of the molecule is COc1ccc(CN2C(=O)C(=O)/C(=C(\O)c3ccc(OC)c(Br)c3)C2c2ccc(Cl)cc2)cc1. The highest BCUT2D eigenvalue weighted by Crippen LogP contribution is 2.41. The zero-order chi connectivity index (χ0) is 24.4. The Bertz CT molecular complexity index is 1270. The van der Waals surface area contributed by atoms with Gasteiger partial charge in [0.25, 0.3) is 11.7 Å². The molecule has 0 aromatic heterocycles. The first-order valence-electron chi connectivity index (χ1n) is 10.3. The molecular formula is C26H21BrClNO5. The molecule has 174 valence electrons. The smallest absolute Gasteiger partial charge is 0.295 e. The van der Waals surface area contributed by atoms with Crippen LogP contribution in [-0.2, 0) is 16.1 Å². The number of rotatable bonds is 6. The maximum absolute atomic E-state index is 13.2. The number of aliphatic hydroxyl groups excluding tert-OH is 1. The Morgan fingerprint density at radius 1 is 1.00 bits per heavy atom. The van der Waals surface area contributed by atoms with Gasteiger partial charge in [-0.2, -0.15) is 0 Å². The Morgan fingerprint density at radius 2 is 1.68 bits per heavy atom. The molecule has 0 aliphatic carbocycles. The Morgan fingerprint density at radius 3 is 2.26 bits per heavy atom. The third-order valence-electron chi connectivity index (χ3n) is 5.66. The largest absolute Gasteiger partial charge is 0.507 e. The van der Waals surface area contributed by atoms with E-state index in [1.807, 2.05) is 12.1 Å². The Hall–Kier alpha value is -3.29. The molecule has 1 N–H and O–H groups in total. The second-order valence-corrected chi connectivity index (χ2v) is 8.97. The van der Waals surface area contributed by atoms with E-state index in [-0.39, 0.29) is 17.9 Å². The van der Waals surface area contributed by atoms with Gasteiger partial charge in [0.1, 0.15) is 17.3 Å². The molecule has 1 amide bonds. The Kier molecular flexibility index (Phi) is 6.95. The van der Waals surface area contributed by atoms with Crippen molar-refractivity contribution in [3.05, 3.63) is 98.5 Å². The number of likely N-dealkylation sites (tertiary alicyclic amines) is 1. The van der Waals surface area contributed by atoms with E-state index in [9.17, 15) is 14.7 Å². The lowest BCUT2D eigenvalue weighted by Gasteiger charge is -2.25. The minimum atomic E-state index is -0.791. The van der Waals surface area contributed by atoms with E-state index in [2.05, 4.69) is 15.9 Å². The fraction of sp³-hybridized carbons (Fsp3) is 0.154. The molecule has 4 rings (SSSR count). The molecule has 3 aromatic carbocycles. The average molecular weight is 543 g/mol.